The maximum atomic E-state index is 10.2. The van der Waals surface area contributed by atoms with Crippen molar-refractivity contribution in [2.75, 3.05) is 27.2 Å². The summed E-state index contributed by atoms with van der Waals surface area (Å²) in [5.74, 6) is 0.778. The van der Waals surface area contributed by atoms with Crippen LogP contribution < -0.4 is 5.32 Å². The van der Waals surface area contributed by atoms with Gasteiger partial charge < -0.3 is 15.3 Å². The number of benzene rings is 1. The molecule has 1 aromatic carbocycles. The third kappa shape index (κ3) is 4.60. The smallest absolute Gasteiger partial charge is 0.0869 e. The second kappa shape index (κ2) is 6.04. The second-order valence-corrected chi connectivity index (χ2v) is 6.31. The van der Waals surface area contributed by atoms with Crippen LogP contribution in [0.25, 0.3) is 0 Å². The maximum Gasteiger partial charge on any atom is 0.0869 e. The van der Waals surface area contributed by atoms with Crippen molar-refractivity contribution < 1.29 is 5.11 Å². The van der Waals surface area contributed by atoms with E-state index >= 15 is 0 Å². The Morgan fingerprint density at radius 1 is 1.32 bits per heavy atom. The zero-order chi connectivity index (χ0) is 13.9. The van der Waals surface area contributed by atoms with Crippen LogP contribution in [0.2, 0.25) is 0 Å². The lowest BCUT2D eigenvalue weighted by Gasteiger charge is -2.27. The molecule has 1 aromatic rings. The molecule has 1 unspecified atom stereocenters. The predicted molar refractivity (Wildman–Crippen MR) is 79.3 cm³/mol. The van der Waals surface area contributed by atoms with Crippen LogP contribution in [0.15, 0.2) is 24.3 Å². The molecule has 1 fully saturated rings. The minimum Gasteiger partial charge on any atom is -0.388 e. The molecular formula is C16H26N2O. The lowest BCUT2D eigenvalue weighted by molar-refractivity contribution is 0.0336. The van der Waals surface area contributed by atoms with E-state index in [0.717, 1.165) is 12.5 Å². The third-order valence-corrected chi connectivity index (χ3v) is 3.55. The summed E-state index contributed by atoms with van der Waals surface area (Å²) >= 11 is 0. The van der Waals surface area contributed by atoms with Gasteiger partial charge in [-0.15, -0.1) is 0 Å². The molecule has 1 aliphatic carbocycles. The Labute approximate surface area is 116 Å². The Bertz CT molecular complexity index is 411. The van der Waals surface area contributed by atoms with E-state index in [2.05, 4.69) is 29.6 Å². The van der Waals surface area contributed by atoms with E-state index in [1.165, 1.54) is 24.0 Å². The molecule has 2 N–H and O–H groups in total. The van der Waals surface area contributed by atoms with Crippen LogP contribution in [0.4, 0.5) is 0 Å². The summed E-state index contributed by atoms with van der Waals surface area (Å²) in [5.41, 5.74) is 2.19. The Morgan fingerprint density at radius 2 is 2.00 bits per heavy atom. The lowest BCUT2D eigenvalue weighted by atomic mass is 10.0. The van der Waals surface area contributed by atoms with Crippen molar-refractivity contribution in [1.82, 2.24) is 10.2 Å². The largest absolute Gasteiger partial charge is 0.388 e. The molecule has 3 nitrogen and oxygen atoms in total. The third-order valence-electron chi connectivity index (χ3n) is 3.55. The number of nitrogens with one attached hydrogen (secondary N) is 1. The highest BCUT2D eigenvalue weighted by Gasteiger charge is 2.26. The molecule has 0 saturated heterocycles. The monoisotopic (exact) mass is 262 g/mol. The van der Waals surface area contributed by atoms with Gasteiger partial charge in [0.2, 0.25) is 0 Å². The van der Waals surface area contributed by atoms with E-state index < -0.39 is 5.60 Å². The van der Waals surface area contributed by atoms with Gasteiger partial charge in [-0.3, -0.25) is 0 Å². The van der Waals surface area contributed by atoms with Gasteiger partial charge in [0.25, 0.3) is 0 Å². The molecule has 0 radical (unpaired) electrons. The molecule has 19 heavy (non-hydrogen) atoms. The van der Waals surface area contributed by atoms with Crippen LogP contribution in [-0.4, -0.2) is 42.8 Å². The number of nitrogens with zero attached hydrogens (tertiary/aromatic N) is 1. The number of likely N-dealkylation sites (N-methyl/N-ethyl adjacent to an activating group) is 1. The first-order chi connectivity index (χ1) is 8.98. The first-order valence-corrected chi connectivity index (χ1v) is 7.13. The quantitative estimate of drug-likeness (QED) is 0.788. The van der Waals surface area contributed by atoms with Crippen molar-refractivity contribution >= 4 is 0 Å². The molecule has 0 aromatic heterocycles. The summed E-state index contributed by atoms with van der Waals surface area (Å²) in [4.78, 5) is 2.01. The van der Waals surface area contributed by atoms with E-state index in [-0.39, 0.29) is 0 Å². The molecule has 0 spiro atoms. The van der Waals surface area contributed by atoms with Crippen LogP contribution in [-0.2, 0) is 6.54 Å². The molecule has 0 aliphatic heterocycles. The first kappa shape index (κ1) is 14.5. The van der Waals surface area contributed by atoms with Crippen molar-refractivity contribution in [1.29, 1.82) is 0 Å². The highest BCUT2D eigenvalue weighted by atomic mass is 16.3. The highest BCUT2D eigenvalue weighted by molar-refractivity contribution is 5.33. The van der Waals surface area contributed by atoms with Gasteiger partial charge in [0.1, 0.15) is 0 Å². The van der Waals surface area contributed by atoms with Gasteiger partial charge in [-0.25, -0.2) is 0 Å². The Hall–Kier alpha value is -0.900. The van der Waals surface area contributed by atoms with Crippen LogP contribution in [0, 0.1) is 0 Å². The molecule has 0 bridgehead atoms. The molecule has 106 valence electrons. The molecule has 0 amide bonds. The van der Waals surface area contributed by atoms with Gasteiger partial charge in [0.05, 0.1) is 5.60 Å². The summed E-state index contributed by atoms with van der Waals surface area (Å²) in [6.45, 7) is 4.01. The summed E-state index contributed by atoms with van der Waals surface area (Å²) in [5, 5.41) is 13.6. The van der Waals surface area contributed by atoms with Crippen LogP contribution >= 0.6 is 0 Å². The minimum atomic E-state index is -0.683. The van der Waals surface area contributed by atoms with Gasteiger partial charge in [-0.2, -0.15) is 0 Å². The SMILES string of the molecule is CN(C)CC(C)(O)CNCc1ccccc1C1CC1. The fourth-order valence-corrected chi connectivity index (χ4v) is 2.69. The van der Waals surface area contributed by atoms with Gasteiger partial charge >= 0.3 is 0 Å². The normalized spacial score (nSPS) is 18.6. The van der Waals surface area contributed by atoms with Crippen molar-refractivity contribution in [3.05, 3.63) is 35.4 Å². The summed E-state index contributed by atoms with van der Waals surface area (Å²) in [6, 6.07) is 8.66. The lowest BCUT2D eigenvalue weighted by Crippen LogP contribution is -2.45. The van der Waals surface area contributed by atoms with Crippen molar-refractivity contribution in [2.45, 2.75) is 37.8 Å². The molecular weight excluding hydrogens is 236 g/mol. The van der Waals surface area contributed by atoms with Gasteiger partial charge in [0, 0.05) is 19.6 Å². The Kier molecular flexibility index (Phi) is 4.61. The number of aliphatic hydroxyl groups is 1. The zero-order valence-corrected chi connectivity index (χ0v) is 12.3. The van der Waals surface area contributed by atoms with Crippen molar-refractivity contribution in [3.8, 4) is 0 Å². The average Bonchev–Trinajstić information content (AvgIpc) is 3.11. The van der Waals surface area contributed by atoms with E-state index in [1.807, 2.05) is 25.9 Å². The molecule has 1 aliphatic rings. The second-order valence-electron chi connectivity index (χ2n) is 6.31. The van der Waals surface area contributed by atoms with E-state index in [9.17, 15) is 5.11 Å². The van der Waals surface area contributed by atoms with Gasteiger partial charge in [-0.1, -0.05) is 24.3 Å². The molecule has 3 heteroatoms. The van der Waals surface area contributed by atoms with Gasteiger partial charge in [0.15, 0.2) is 0 Å². The Balaban J connectivity index is 1.85. The number of rotatable bonds is 7. The van der Waals surface area contributed by atoms with Crippen LogP contribution in [0.1, 0.15) is 36.8 Å². The number of hydrogen-bond donors (Lipinski definition) is 2. The predicted octanol–water partition coefficient (Wildman–Crippen LogP) is 1.97. The van der Waals surface area contributed by atoms with Gasteiger partial charge in [-0.05, 0) is 50.9 Å². The molecule has 1 atom stereocenters. The summed E-state index contributed by atoms with van der Waals surface area (Å²) in [6.07, 6.45) is 2.66. The summed E-state index contributed by atoms with van der Waals surface area (Å²) in [7, 11) is 3.97. The fourth-order valence-electron chi connectivity index (χ4n) is 2.69. The molecule has 2 rings (SSSR count). The maximum absolute atomic E-state index is 10.2. The average molecular weight is 262 g/mol. The van der Waals surface area contributed by atoms with Crippen molar-refractivity contribution in [3.63, 3.8) is 0 Å². The Morgan fingerprint density at radius 3 is 2.63 bits per heavy atom. The molecule has 0 heterocycles. The van der Waals surface area contributed by atoms with E-state index in [1.54, 1.807) is 0 Å². The van der Waals surface area contributed by atoms with Crippen LogP contribution in [0.5, 0.6) is 0 Å². The topological polar surface area (TPSA) is 35.5 Å². The minimum absolute atomic E-state index is 0.615. The highest BCUT2D eigenvalue weighted by Crippen LogP contribution is 2.41. The zero-order valence-electron chi connectivity index (χ0n) is 12.3. The standard InChI is InChI=1S/C16H26N2O/c1-16(19,12-18(2)3)11-17-10-14-6-4-5-7-15(14)13-8-9-13/h4-7,13,17,19H,8-12H2,1-3H3. The van der Waals surface area contributed by atoms with E-state index in [4.69, 9.17) is 0 Å². The molecule has 1 saturated carbocycles. The first-order valence-electron chi connectivity index (χ1n) is 7.13. The van der Waals surface area contributed by atoms with E-state index in [0.29, 0.717) is 13.1 Å². The fraction of sp³-hybridized carbons (Fsp3) is 0.625. The van der Waals surface area contributed by atoms with Crippen LogP contribution in [0.3, 0.4) is 0 Å². The number of hydrogen-bond acceptors (Lipinski definition) is 3. The summed E-state index contributed by atoms with van der Waals surface area (Å²) < 4.78 is 0. The van der Waals surface area contributed by atoms with Crippen molar-refractivity contribution in [2.24, 2.45) is 0 Å².